The first-order valence-corrected chi connectivity index (χ1v) is 6.13. The Kier molecular flexibility index (Phi) is 4.75. The second-order valence-corrected chi connectivity index (χ2v) is 5.20. The van der Waals surface area contributed by atoms with Crippen LogP contribution in [-0.2, 0) is 6.42 Å². The van der Waals surface area contributed by atoms with Gasteiger partial charge in [0, 0.05) is 5.92 Å². The van der Waals surface area contributed by atoms with Crippen molar-refractivity contribution < 1.29 is 0 Å². The fourth-order valence-electron chi connectivity index (χ4n) is 1.78. The van der Waals surface area contributed by atoms with Gasteiger partial charge in [-0.15, -0.1) is 0 Å². The van der Waals surface area contributed by atoms with E-state index >= 15 is 0 Å². The third-order valence-electron chi connectivity index (χ3n) is 2.63. The van der Waals surface area contributed by atoms with Crippen molar-refractivity contribution in [2.24, 2.45) is 5.92 Å². The summed E-state index contributed by atoms with van der Waals surface area (Å²) < 4.78 is 0.568. The van der Waals surface area contributed by atoms with Gasteiger partial charge in [-0.1, -0.05) is 68.9 Å². The molecule has 0 aliphatic heterocycles. The van der Waals surface area contributed by atoms with Gasteiger partial charge < -0.3 is 0 Å². The highest BCUT2D eigenvalue weighted by molar-refractivity contribution is 7.83. The smallest absolute Gasteiger partial charge is 0.0758 e. The summed E-state index contributed by atoms with van der Waals surface area (Å²) in [6.07, 6.45) is 1.05. The van der Waals surface area contributed by atoms with Gasteiger partial charge >= 0.3 is 0 Å². The predicted molar refractivity (Wildman–Crippen MR) is 71.9 cm³/mol. The number of rotatable bonds is 4. The Labute approximate surface area is 103 Å². The summed E-state index contributed by atoms with van der Waals surface area (Å²) in [6, 6.07) is 8.54. The van der Waals surface area contributed by atoms with Crippen LogP contribution in [0.3, 0.4) is 0 Å². The quantitative estimate of drug-likeness (QED) is 0.550. The SMILES string of the molecule is CCc1cccc(C(C(=S)Cl)C(C)C)c1. The number of halogens is 1. The predicted octanol–water partition coefficient (Wildman–Crippen LogP) is 4.55. The second-order valence-electron chi connectivity index (χ2n) is 4.12. The average molecular weight is 241 g/mol. The molecule has 1 aromatic carbocycles. The molecule has 15 heavy (non-hydrogen) atoms. The lowest BCUT2D eigenvalue weighted by Crippen LogP contribution is -2.12. The summed E-state index contributed by atoms with van der Waals surface area (Å²) in [5.74, 6) is 0.635. The molecule has 0 fully saturated rings. The van der Waals surface area contributed by atoms with Crippen LogP contribution >= 0.6 is 23.8 Å². The van der Waals surface area contributed by atoms with Gasteiger partial charge in [0.1, 0.15) is 0 Å². The molecule has 0 heterocycles. The molecular formula is C13H17ClS. The van der Waals surface area contributed by atoms with Crippen LogP contribution in [0, 0.1) is 5.92 Å². The Morgan fingerprint density at radius 2 is 2.07 bits per heavy atom. The van der Waals surface area contributed by atoms with Crippen molar-refractivity contribution in [2.45, 2.75) is 33.1 Å². The standard InChI is InChI=1S/C13H17ClS/c1-4-10-6-5-7-11(8-10)12(9(2)3)13(14)15/h5-9,12H,4H2,1-3H3. The normalized spacial score (nSPS) is 12.9. The first-order valence-electron chi connectivity index (χ1n) is 5.34. The average Bonchev–Trinajstić information content (AvgIpc) is 2.17. The van der Waals surface area contributed by atoms with E-state index in [-0.39, 0.29) is 5.92 Å². The Morgan fingerprint density at radius 3 is 2.53 bits per heavy atom. The zero-order valence-corrected chi connectivity index (χ0v) is 11.0. The monoisotopic (exact) mass is 240 g/mol. The number of hydrogen-bond acceptors (Lipinski definition) is 1. The molecule has 82 valence electrons. The van der Waals surface area contributed by atoms with Gasteiger partial charge in [-0.05, 0) is 23.5 Å². The van der Waals surface area contributed by atoms with E-state index in [4.69, 9.17) is 23.8 Å². The van der Waals surface area contributed by atoms with Crippen LogP contribution < -0.4 is 0 Å². The molecule has 0 spiro atoms. The number of thiocarbonyl (C=S) groups is 1. The number of hydrogen-bond donors (Lipinski definition) is 0. The van der Waals surface area contributed by atoms with Crippen molar-refractivity contribution >= 4 is 28.1 Å². The first kappa shape index (κ1) is 12.7. The number of benzene rings is 1. The van der Waals surface area contributed by atoms with Gasteiger partial charge in [-0.2, -0.15) is 0 Å². The van der Waals surface area contributed by atoms with Crippen LogP contribution in [0.4, 0.5) is 0 Å². The van der Waals surface area contributed by atoms with Gasteiger partial charge in [0.05, 0.1) is 4.32 Å². The third kappa shape index (κ3) is 3.29. The Balaban J connectivity index is 3.05. The molecule has 1 atom stereocenters. The molecule has 1 unspecified atom stereocenters. The maximum absolute atomic E-state index is 6.00. The minimum absolute atomic E-state index is 0.188. The van der Waals surface area contributed by atoms with E-state index in [2.05, 4.69) is 45.0 Å². The minimum Gasteiger partial charge on any atom is -0.0758 e. The van der Waals surface area contributed by atoms with E-state index in [1.165, 1.54) is 11.1 Å². The van der Waals surface area contributed by atoms with Crippen LogP contribution in [0.25, 0.3) is 0 Å². The summed E-state index contributed by atoms with van der Waals surface area (Å²) in [6.45, 7) is 6.46. The molecule has 2 heteroatoms. The van der Waals surface area contributed by atoms with Crippen molar-refractivity contribution in [1.29, 1.82) is 0 Å². The highest BCUT2D eigenvalue weighted by Gasteiger charge is 2.19. The lowest BCUT2D eigenvalue weighted by Gasteiger charge is -2.19. The topological polar surface area (TPSA) is 0 Å². The third-order valence-corrected chi connectivity index (χ3v) is 3.12. The van der Waals surface area contributed by atoms with Crippen molar-refractivity contribution in [1.82, 2.24) is 0 Å². The van der Waals surface area contributed by atoms with Crippen molar-refractivity contribution in [3.05, 3.63) is 35.4 Å². The van der Waals surface area contributed by atoms with Gasteiger partial charge in [0.2, 0.25) is 0 Å². The number of aryl methyl sites for hydroxylation is 1. The van der Waals surface area contributed by atoms with Crippen LogP contribution in [0.1, 0.15) is 37.8 Å². The van der Waals surface area contributed by atoms with Gasteiger partial charge in [-0.25, -0.2) is 0 Å². The van der Waals surface area contributed by atoms with Crippen LogP contribution in [0.5, 0.6) is 0 Å². The first-order chi connectivity index (χ1) is 7.06. The van der Waals surface area contributed by atoms with E-state index < -0.39 is 0 Å². The van der Waals surface area contributed by atoms with Gasteiger partial charge in [-0.3, -0.25) is 0 Å². The van der Waals surface area contributed by atoms with Crippen LogP contribution in [0.15, 0.2) is 24.3 Å². The Morgan fingerprint density at radius 1 is 1.40 bits per heavy atom. The second kappa shape index (κ2) is 5.62. The zero-order chi connectivity index (χ0) is 11.4. The summed E-state index contributed by atoms with van der Waals surface area (Å²) in [5.41, 5.74) is 2.58. The summed E-state index contributed by atoms with van der Waals surface area (Å²) in [7, 11) is 0. The molecule has 0 aliphatic rings. The summed E-state index contributed by atoms with van der Waals surface area (Å²) in [5, 5.41) is 0. The van der Waals surface area contributed by atoms with E-state index in [1.54, 1.807) is 0 Å². The van der Waals surface area contributed by atoms with Crippen molar-refractivity contribution in [3.8, 4) is 0 Å². The molecule has 0 bridgehead atoms. The molecule has 0 aliphatic carbocycles. The molecule has 0 saturated heterocycles. The van der Waals surface area contributed by atoms with E-state index in [0.717, 1.165) is 6.42 Å². The van der Waals surface area contributed by atoms with Crippen LogP contribution in [-0.4, -0.2) is 4.32 Å². The molecule has 0 N–H and O–H groups in total. The Hall–Kier alpha value is -0.400. The molecule has 0 saturated carbocycles. The fourth-order valence-corrected chi connectivity index (χ4v) is 2.57. The zero-order valence-electron chi connectivity index (χ0n) is 9.46. The highest BCUT2D eigenvalue weighted by atomic mass is 35.5. The fraction of sp³-hybridized carbons (Fsp3) is 0.462. The summed E-state index contributed by atoms with van der Waals surface area (Å²) >= 11 is 11.1. The van der Waals surface area contributed by atoms with Crippen molar-refractivity contribution in [3.63, 3.8) is 0 Å². The maximum atomic E-state index is 6.00. The summed E-state index contributed by atoms with van der Waals surface area (Å²) in [4.78, 5) is 0. The Bertz CT molecular complexity index is 344. The molecule has 0 radical (unpaired) electrons. The lowest BCUT2D eigenvalue weighted by molar-refractivity contribution is 0.611. The lowest BCUT2D eigenvalue weighted by atomic mass is 9.89. The van der Waals surface area contributed by atoms with Crippen LogP contribution in [0.2, 0.25) is 0 Å². The van der Waals surface area contributed by atoms with E-state index in [1.807, 2.05) is 0 Å². The van der Waals surface area contributed by atoms with Crippen molar-refractivity contribution in [2.75, 3.05) is 0 Å². The molecule has 0 nitrogen and oxygen atoms in total. The van der Waals surface area contributed by atoms with Gasteiger partial charge in [0.25, 0.3) is 0 Å². The van der Waals surface area contributed by atoms with E-state index in [0.29, 0.717) is 10.2 Å². The maximum Gasteiger partial charge on any atom is 0.0885 e. The molecule has 1 aromatic rings. The molecule has 0 aromatic heterocycles. The van der Waals surface area contributed by atoms with E-state index in [9.17, 15) is 0 Å². The minimum atomic E-state index is 0.188. The largest absolute Gasteiger partial charge is 0.0885 e. The van der Waals surface area contributed by atoms with Gasteiger partial charge in [0.15, 0.2) is 0 Å². The molecular weight excluding hydrogens is 224 g/mol. The molecule has 0 amide bonds. The highest BCUT2D eigenvalue weighted by Crippen LogP contribution is 2.28. The molecule has 1 rings (SSSR count).